The second-order valence-corrected chi connectivity index (χ2v) is 2.99. The summed E-state index contributed by atoms with van der Waals surface area (Å²) in [6.07, 6.45) is 0. The van der Waals surface area contributed by atoms with Crippen LogP contribution in [0.2, 0.25) is 0 Å². The molecule has 0 radical (unpaired) electrons. The van der Waals surface area contributed by atoms with Gasteiger partial charge in [0.05, 0.1) is 5.48 Å². The third kappa shape index (κ3) is 4.46. The first-order valence-corrected chi connectivity index (χ1v) is 4.25. The van der Waals surface area contributed by atoms with E-state index in [0.717, 1.165) is 0 Å². The van der Waals surface area contributed by atoms with E-state index in [0.29, 0.717) is 0 Å². The molecule has 0 aliphatic carbocycles. The average molecular weight is 209 g/mol. The van der Waals surface area contributed by atoms with Gasteiger partial charge in [-0.3, -0.25) is 4.55 Å². The summed E-state index contributed by atoms with van der Waals surface area (Å²) >= 11 is 0. The fourth-order valence-electron chi connectivity index (χ4n) is 0.511. The maximum atomic E-state index is 10.5. The van der Waals surface area contributed by atoms with Crippen molar-refractivity contribution in [1.29, 1.82) is 0 Å². The van der Waals surface area contributed by atoms with Gasteiger partial charge in [0.2, 0.25) is 0 Å². The molecule has 6 heteroatoms. The Morgan fingerprint density at radius 1 is 1.38 bits per heavy atom. The summed E-state index contributed by atoms with van der Waals surface area (Å²) < 4.78 is 62.8. The predicted octanol–water partition coefficient (Wildman–Crippen LogP) is 1.34. The van der Waals surface area contributed by atoms with Gasteiger partial charge in [-0.2, -0.15) is 8.42 Å². The van der Waals surface area contributed by atoms with Gasteiger partial charge in [0, 0.05) is 0 Å². The van der Waals surface area contributed by atoms with Crippen molar-refractivity contribution in [3.05, 3.63) is 29.7 Å². The molecular formula is C7H11NO4S. The molecule has 0 aromatic heterocycles. The number of hydrogen-bond acceptors (Lipinski definition) is 4. The molecule has 1 aromatic carbocycles. The van der Waals surface area contributed by atoms with Gasteiger partial charge in [-0.1, -0.05) is 17.6 Å². The van der Waals surface area contributed by atoms with E-state index in [1.807, 2.05) is 0 Å². The summed E-state index contributed by atoms with van der Waals surface area (Å²) in [4.78, 5) is 0. The molecular weight excluding hydrogens is 194 g/mol. The van der Waals surface area contributed by atoms with Crippen LogP contribution >= 0.6 is 0 Å². The van der Waals surface area contributed by atoms with Crippen molar-refractivity contribution >= 4 is 10.4 Å². The Hall–Kier alpha value is -1.11. The molecule has 0 spiro atoms. The van der Waals surface area contributed by atoms with E-state index in [1.54, 1.807) is 0 Å². The molecule has 0 fully saturated rings. The maximum absolute atomic E-state index is 10.5. The van der Waals surface area contributed by atoms with E-state index in [9.17, 15) is 8.42 Å². The number of hydrogen-bond donors (Lipinski definition) is 2. The van der Waals surface area contributed by atoms with E-state index in [4.69, 9.17) is 10.0 Å². The normalized spacial score (nSPS) is 14.6. The van der Waals surface area contributed by atoms with Gasteiger partial charge in [-0.25, -0.2) is 0 Å². The molecule has 0 saturated carbocycles. The van der Waals surface area contributed by atoms with Crippen LogP contribution in [0.15, 0.2) is 24.2 Å². The molecule has 4 N–H and O–H groups in total. The minimum absolute atomic E-state index is 0. The van der Waals surface area contributed by atoms with Gasteiger partial charge in [0.1, 0.15) is 5.75 Å². The lowest BCUT2D eigenvalue weighted by Crippen LogP contribution is -2.06. The Balaban J connectivity index is 0.00000256. The molecule has 0 heterocycles. The van der Waals surface area contributed by atoms with Crippen molar-refractivity contribution in [3.63, 3.8) is 0 Å². The summed E-state index contributed by atoms with van der Waals surface area (Å²) in [6, 6.07) is -2.15. The van der Waals surface area contributed by atoms with Crippen LogP contribution in [0.4, 0.5) is 0 Å². The smallest absolute Gasteiger partial charge is 0.362 e. The molecule has 0 bridgehead atoms. The molecule has 0 aliphatic rings. The Kier molecular flexibility index (Phi) is 2.06. The van der Waals surface area contributed by atoms with Crippen molar-refractivity contribution in [2.45, 2.75) is 6.92 Å². The predicted molar refractivity (Wildman–Crippen MR) is 48.4 cm³/mol. The van der Waals surface area contributed by atoms with Gasteiger partial charge in [-0.15, -0.1) is 0 Å². The largest absolute Gasteiger partial charge is 0.446 e. The minimum atomic E-state index is -4.88. The zero-order valence-corrected chi connectivity index (χ0v) is 7.60. The fraction of sp³-hybridized carbons (Fsp3) is 0.143. The molecule has 1 aromatic rings. The average Bonchev–Trinajstić information content (AvgIpc) is 2.17. The molecule has 0 amide bonds. The lowest BCUT2D eigenvalue weighted by molar-refractivity contribution is 0.387. The van der Waals surface area contributed by atoms with Crippen molar-refractivity contribution in [1.82, 2.24) is 6.15 Å². The van der Waals surface area contributed by atoms with Gasteiger partial charge < -0.3 is 10.3 Å². The summed E-state index contributed by atoms with van der Waals surface area (Å²) in [5.74, 6) is -0.817. The first-order valence-electron chi connectivity index (χ1n) is 4.89. The molecule has 0 unspecified atom stereocenters. The molecule has 0 saturated heterocycles. The fourth-order valence-corrected chi connectivity index (χ4v) is 0.804. The third-order valence-corrected chi connectivity index (χ3v) is 1.29. The molecule has 0 atom stereocenters. The Morgan fingerprint density at radius 2 is 1.85 bits per heavy atom. The van der Waals surface area contributed by atoms with E-state index in [2.05, 4.69) is 4.18 Å². The van der Waals surface area contributed by atoms with Crippen molar-refractivity contribution in [2.24, 2.45) is 0 Å². The summed E-state index contributed by atoms with van der Waals surface area (Å²) in [6.45, 7) is 1.36. The van der Waals surface area contributed by atoms with Crippen LogP contribution in [0.3, 0.4) is 0 Å². The summed E-state index contributed by atoms with van der Waals surface area (Å²) in [5.41, 5.74) is 0.0673. The van der Waals surface area contributed by atoms with Crippen LogP contribution in [0, 0.1) is 6.92 Å². The topological polar surface area (TPSA) is 98.6 Å². The second kappa shape index (κ2) is 4.22. The molecule has 5 nitrogen and oxygen atoms in total. The van der Waals surface area contributed by atoms with Crippen molar-refractivity contribution < 1.29 is 22.6 Å². The van der Waals surface area contributed by atoms with Crippen LogP contribution in [-0.4, -0.2) is 13.0 Å². The van der Waals surface area contributed by atoms with Gasteiger partial charge in [-0.05, 0) is 19.0 Å². The summed E-state index contributed by atoms with van der Waals surface area (Å²) in [7, 11) is -4.88. The quantitative estimate of drug-likeness (QED) is 0.716. The van der Waals surface area contributed by atoms with E-state index >= 15 is 0 Å². The molecule has 1 rings (SSSR count). The van der Waals surface area contributed by atoms with Gasteiger partial charge in [0.15, 0.2) is 0 Å². The van der Waals surface area contributed by atoms with Crippen molar-refractivity contribution in [3.8, 4) is 5.75 Å². The maximum Gasteiger partial charge on any atom is 0.446 e. The number of rotatable bonds is 2. The Labute approximate surface area is 82.5 Å². The highest BCUT2D eigenvalue weighted by atomic mass is 32.3. The number of benzene rings is 1. The van der Waals surface area contributed by atoms with Crippen LogP contribution in [0.1, 0.15) is 11.0 Å². The van der Waals surface area contributed by atoms with Crippen LogP contribution in [-0.2, 0) is 10.4 Å². The van der Waals surface area contributed by atoms with Crippen LogP contribution in [0.5, 0.6) is 5.75 Å². The zero-order chi connectivity index (χ0) is 12.7. The standard InChI is InChI=1S/C7H8O4S.H3N/c1-6-2-4-7(5-3-6)11-12(8,9)10;/h2-5H,1H3,(H,8,9,10);1H3/i2D,3D,4D,5D;. The molecule has 74 valence electrons. The van der Waals surface area contributed by atoms with Crippen LogP contribution < -0.4 is 10.3 Å². The highest BCUT2D eigenvalue weighted by molar-refractivity contribution is 7.81. The third-order valence-electron chi connectivity index (χ3n) is 0.916. The first-order chi connectivity index (χ1) is 7.15. The van der Waals surface area contributed by atoms with Gasteiger partial charge in [0.25, 0.3) is 0 Å². The zero-order valence-electron chi connectivity index (χ0n) is 10.8. The van der Waals surface area contributed by atoms with E-state index in [1.165, 1.54) is 6.92 Å². The SMILES string of the molecule is N.[2H]c1c([2H])c(OS(=O)(=O)O)c([2H])c([2H])c1C. The Bertz CT molecular complexity index is 516. The highest BCUT2D eigenvalue weighted by Crippen LogP contribution is 2.12. The molecule has 13 heavy (non-hydrogen) atoms. The highest BCUT2D eigenvalue weighted by Gasteiger charge is 2.05. The lowest BCUT2D eigenvalue weighted by atomic mass is 10.2. The van der Waals surface area contributed by atoms with Gasteiger partial charge >= 0.3 is 10.4 Å². The van der Waals surface area contributed by atoms with E-state index in [-0.39, 0.29) is 11.7 Å². The Morgan fingerprint density at radius 3 is 2.23 bits per heavy atom. The van der Waals surface area contributed by atoms with Crippen LogP contribution in [0.25, 0.3) is 0 Å². The summed E-state index contributed by atoms with van der Waals surface area (Å²) in [5, 5.41) is 0. The van der Waals surface area contributed by atoms with Crippen molar-refractivity contribution in [2.75, 3.05) is 0 Å². The minimum Gasteiger partial charge on any atom is -0.362 e. The molecule has 0 aliphatic heterocycles. The van der Waals surface area contributed by atoms with E-state index < -0.39 is 40.3 Å². The monoisotopic (exact) mass is 209 g/mol. The second-order valence-electron chi connectivity index (χ2n) is 1.97. The first kappa shape index (κ1) is 6.36. The lowest BCUT2D eigenvalue weighted by Gasteiger charge is -2.00.